The van der Waals surface area contributed by atoms with Gasteiger partial charge in [0.1, 0.15) is 12.4 Å². The molecule has 1 amide bonds. The molecule has 2 aromatic rings. The molecule has 0 saturated carbocycles. The average molecular weight is 343 g/mol. The lowest BCUT2D eigenvalue weighted by Crippen LogP contribution is -2.51. The van der Waals surface area contributed by atoms with E-state index < -0.39 is 0 Å². The highest BCUT2D eigenvalue weighted by Gasteiger charge is 2.32. The Bertz CT molecular complexity index is 754. The van der Waals surface area contributed by atoms with Crippen LogP contribution in [0.4, 0.5) is 4.39 Å². The fourth-order valence-electron chi connectivity index (χ4n) is 4.57. The van der Waals surface area contributed by atoms with E-state index in [9.17, 15) is 9.18 Å². The van der Waals surface area contributed by atoms with E-state index in [0.29, 0.717) is 12.0 Å². The van der Waals surface area contributed by atoms with Crippen LogP contribution < -0.4 is 5.32 Å². The van der Waals surface area contributed by atoms with Gasteiger partial charge in [0.15, 0.2) is 0 Å². The van der Waals surface area contributed by atoms with Gasteiger partial charge in [0.2, 0.25) is 5.91 Å². The van der Waals surface area contributed by atoms with Gasteiger partial charge in [-0.1, -0.05) is 6.42 Å². The summed E-state index contributed by atoms with van der Waals surface area (Å²) >= 11 is 0. The molecule has 25 heavy (non-hydrogen) atoms. The van der Waals surface area contributed by atoms with Crippen molar-refractivity contribution in [1.82, 2.24) is 14.8 Å². The smallest absolute Gasteiger partial charge is 0.239 e. The molecular formula is C20H26FN3O. The second-order valence-electron chi connectivity index (χ2n) is 7.45. The van der Waals surface area contributed by atoms with Crippen molar-refractivity contribution in [3.8, 4) is 0 Å². The molecule has 2 saturated heterocycles. The van der Waals surface area contributed by atoms with Gasteiger partial charge in [-0.2, -0.15) is 0 Å². The van der Waals surface area contributed by atoms with Gasteiger partial charge < -0.3 is 14.8 Å². The maximum absolute atomic E-state index is 13.5. The van der Waals surface area contributed by atoms with Crippen molar-refractivity contribution < 1.29 is 9.18 Å². The predicted octanol–water partition coefficient (Wildman–Crippen LogP) is 3.16. The van der Waals surface area contributed by atoms with Crippen LogP contribution in [0.5, 0.6) is 0 Å². The average Bonchev–Trinajstić information content (AvgIpc) is 3.02. The number of benzene rings is 1. The highest BCUT2D eigenvalue weighted by molar-refractivity contribution is 5.83. The van der Waals surface area contributed by atoms with Crippen molar-refractivity contribution in [1.29, 1.82) is 0 Å². The number of fused-ring (bicyclic) bond motifs is 2. The van der Waals surface area contributed by atoms with Crippen LogP contribution in [0.3, 0.4) is 0 Å². The third-order valence-electron chi connectivity index (χ3n) is 5.84. The Morgan fingerprint density at radius 3 is 2.96 bits per heavy atom. The third kappa shape index (κ3) is 3.56. The van der Waals surface area contributed by atoms with E-state index in [1.807, 2.05) is 16.8 Å². The second-order valence-corrected chi connectivity index (χ2v) is 7.45. The summed E-state index contributed by atoms with van der Waals surface area (Å²) in [6.45, 7) is 3.44. The van der Waals surface area contributed by atoms with Gasteiger partial charge in [-0.3, -0.25) is 4.79 Å². The highest BCUT2D eigenvalue weighted by atomic mass is 19.1. The number of nitrogens with zero attached hydrogens (tertiary/aromatic N) is 2. The normalized spacial score (nSPS) is 24.2. The lowest BCUT2D eigenvalue weighted by molar-refractivity contribution is -0.122. The molecule has 0 bridgehead atoms. The first-order valence-electron chi connectivity index (χ1n) is 9.46. The van der Waals surface area contributed by atoms with E-state index in [2.05, 4.69) is 10.2 Å². The summed E-state index contributed by atoms with van der Waals surface area (Å²) in [5.41, 5.74) is 0.770. The van der Waals surface area contributed by atoms with Crippen molar-refractivity contribution >= 4 is 16.8 Å². The zero-order valence-electron chi connectivity index (χ0n) is 14.6. The number of nitrogens with one attached hydrogen (secondary N) is 1. The van der Waals surface area contributed by atoms with Gasteiger partial charge in [0, 0.05) is 18.8 Å². The van der Waals surface area contributed by atoms with Gasteiger partial charge in [-0.15, -0.1) is 0 Å². The molecule has 1 aromatic carbocycles. The van der Waals surface area contributed by atoms with Gasteiger partial charge in [-0.25, -0.2) is 4.39 Å². The summed E-state index contributed by atoms with van der Waals surface area (Å²) in [7, 11) is 0. The molecule has 2 atom stereocenters. The van der Waals surface area contributed by atoms with Crippen LogP contribution >= 0.6 is 0 Å². The number of piperidine rings is 2. The molecule has 4 rings (SSSR count). The largest absolute Gasteiger partial charge is 0.354 e. The van der Waals surface area contributed by atoms with E-state index in [-0.39, 0.29) is 18.3 Å². The molecule has 5 heteroatoms. The molecule has 2 aliphatic rings. The molecule has 2 fully saturated rings. The van der Waals surface area contributed by atoms with Crippen molar-refractivity contribution in [2.75, 3.05) is 19.6 Å². The first-order chi connectivity index (χ1) is 12.2. The zero-order valence-corrected chi connectivity index (χ0v) is 14.6. The number of amides is 1. The Morgan fingerprint density at radius 1 is 1.16 bits per heavy atom. The minimum atomic E-state index is -0.271. The SMILES string of the molecule is O=C(Cn1ccc2ccc(F)cc21)NC[C@H]1CCCN2CCCC[C@H]12. The zero-order chi connectivity index (χ0) is 17.2. The van der Waals surface area contributed by atoms with E-state index in [1.54, 1.807) is 6.07 Å². The molecule has 0 aliphatic carbocycles. The van der Waals surface area contributed by atoms with Gasteiger partial charge >= 0.3 is 0 Å². The fourth-order valence-corrected chi connectivity index (χ4v) is 4.57. The first kappa shape index (κ1) is 16.6. The molecule has 3 heterocycles. The Labute approximate surface area is 148 Å². The number of hydrogen-bond donors (Lipinski definition) is 1. The third-order valence-corrected chi connectivity index (χ3v) is 5.84. The summed E-state index contributed by atoms with van der Waals surface area (Å²) in [6, 6.07) is 7.25. The van der Waals surface area contributed by atoms with Crippen molar-refractivity contribution in [3.63, 3.8) is 0 Å². The molecule has 1 aromatic heterocycles. The number of aromatic nitrogens is 1. The molecule has 0 radical (unpaired) electrons. The van der Waals surface area contributed by atoms with E-state index in [1.165, 1.54) is 57.3 Å². The predicted molar refractivity (Wildman–Crippen MR) is 96.8 cm³/mol. The molecule has 0 unspecified atom stereocenters. The van der Waals surface area contributed by atoms with Crippen molar-refractivity contribution in [2.24, 2.45) is 5.92 Å². The van der Waals surface area contributed by atoms with Crippen LogP contribution in [0.2, 0.25) is 0 Å². The Morgan fingerprint density at radius 2 is 2.04 bits per heavy atom. The van der Waals surface area contributed by atoms with E-state index in [4.69, 9.17) is 0 Å². The highest BCUT2D eigenvalue weighted by Crippen LogP contribution is 2.30. The number of halogens is 1. The number of carbonyl (C=O) groups excluding carboxylic acids is 1. The summed E-state index contributed by atoms with van der Waals surface area (Å²) in [5, 5.41) is 4.08. The topological polar surface area (TPSA) is 37.3 Å². The molecule has 2 aliphatic heterocycles. The quantitative estimate of drug-likeness (QED) is 0.926. The second kappa shape index (κ2) is 7.16. The van der Waals surface area contributed by atoms with E-state index >= 15 is 0 Å². The maximum Gasteiger partial charge on any atom is 0.239 e. The maximum atomic E-state index is 13.5. The summed E-state index contributed by atoms with van der Waals surface area (Å²) in [5.74, 6) is 0.305. The minimum Gasteiger partial charge on any atom is -0.354 e. The summed E-state index contributed by atoms with van der Waals surface area (Å²) in [4.78, 5) is 15.0. The van der Waals surface area contributed by atoms with E-state index in [0.717, 1.165) is 17.4 Å². The summed E-state index contributed by atoms with van der Waals surface area (Å²) < 4.78 is 15.3. The lowest BCUT2D eigenvalue weighted by atomic mass is 9.83. The molecule has 4 nitrogen and oxygen atoms in total. The number of carbonyl (C=O) groups is 1. The minimum absolute atomic E-state index is 0.00898. The Balaban J connectivity index is 1.36. The Kier molecular flexibility index (Phi) is 4.75. The monoisotopic (exact) mass is 343 g/mol. The van der Waals surface area contributed by atoms with Crippen LogP contribution in [-0.4, -0.2) is 41.1 Å². The fraction of sp³-hybridized carbons (Fsp3) is 0.550. The van der Waals surface area contributed by atoms with Crippen LogP contribution in [0.25, 0.3) is 10.9 Å². The molecule has 1 N–H and O–H groups in total. The summed E-state index contributed by atoms with van der Waals surface area (Å²) in [6.07, 6.45) is 8.19. The van der Waals surface area contributed by atoms with Crippen molar-refractivity contribution in [3.05, 3.63) is 36.3 Å². The molecule has 0 spiro atoms. The van der Waals surface area contributed by atoms with Crippen molar-refractivity contribution in [2.45, 2.75) is 44.7 Å². The van der Waals surface area contributed by atoms with Gasteiger partial charge in [0.25, 0.3) is 0 Å². The van der Waals surface area contributed by atoms with Crippen LogP contribution in [0.1, 0.15) is 32.1 Å². The lowest BCUT2D eigenvalue weighted by Gasteiger charge is -2.44. The van der Waals surface area contributed by atoms with Crippen LogP contribution in [-0.2, 0) is 11.3 Å². The molecular weight excluding hydrogens is 317 g/mol. The first-order valence-corrected chi connectivity index (χ1v) is 9.46. The number of hydrogen-bond acceptors (Lipinski definition) is 2. The standard InChI is InChI=1S/C20H26FN3O/c21-17-7-6-15-8-11-24(19(15)12-17)14-20(25)22-13-16-4-3-10-23-9-2-1-5-18(16)23/h6-8,11-12,16,18H,1-5,9-10,13-14H2,(H,22,25)/t16-,18-/m1/s1. The van der Waals surface area contributed by atoms with Crippen LogP contribution in [0.15, 0.2) is 30.5 Å². The van der Waals surface area contributed by atoms with Crippen LogP contribution in [0, 0.1) is 11.7 Å². The Hall–Kier alpha value is -1.88. The number of rotatable bonds is 4. The van der Waals surface area contributed by atoms with Gasteiger partial charge in [-0.05, 0) is 74.3 Å². The molecule has 134 valence electrons. The van der Waals surface area contributed by atoms with Gasteiger partial charge in [0.05, 0.1) is 5.52 Å².